The number of methoxy groups -OCH3 is 1. The molecule has 1 aromatic carbocycles. The minimum atomic E-state index is -0.0562. The molecule has 6 heteroatoms. The summed E-state index contributed by atoms with van der Waals surface area (Å²) in [6, 6.07) is 6.78. The first-order valence-corrected chi connectivity index (χ1v) is 6.55. The number of piperidine rings is 1. The molecule has 1 unspecified atom stereocenters. The van der Waals surface area contributed by atoms with Gasteiger partial charge in [0.25, 0.3) is 5.91 Å². The fraction of sp³-hybridized carbons (Fsp3) is 0.429. The molecule has 1 aromatic rings. The van der Waals surface area contributed by atoms with Crippen molar-refractivity contribution in [1.29, 1.82) is 0 Å². The molecule has 3 N–H and O–H groups in total. The number of likely N-dealkylation sites (tertiary alicyclic amines) is 1. The number of hydrogen-bond acceptors (Lipinski definition) is 4. The lowest BCUT2D eigenvalue weighted by atomic mass is 10.0. The summed E-state index contributed by atoms with van der Waals surface area (Å²) in [5.41, 5.74) is 6.60. The summed E-state index contributed by atoms with van der Waals surface area (Å²) >= 11 is 0. The second-order valence-electron chi connectivity index (χ2n) is 4.82. The third-order valence-corrected chi connectivity index (χ3v) is 3.51. The van der Waals surface area contributed by atoms with Crippen molar-refractivity contribution in [3.05, 3.63) is 35.4 Å². The van der Waals surface area contributed by atoms with E-state index >= 15 is 0 Å². The molecule has 0 bridgehead atoms. The number of amidine groups is 1. The molecule has 1 amide bonds. The standard InChI is InChI=1S/C14H19N3O3/c1-20-12-6-3-7-17(9-12)14(18)11-5-2-4-10(8-11)13(15)16-19/h2,4-5,8,12,19H,3,6-7,9H2,1H3,(H2,15,16). The van der Waals surface area contributed by atoms with Crippen molar-refractivity contribution in [2.75, 3.05) is 20.2 Å². The SMILES string of the molecule is COC1CCCN(C(=O)c2cccc(/C(N)=N/O)c2)C1. The smallest absolute Gasteiger partial charge is 0.253 e. The number of ether oxygens (including phenoxy) is 1. The number of nitrogens with zero attached hydrogens (tertiary/aromatic N) is 2. The molecule has 20 heavy (non-hydrogen) atoms. The van der Waals surface area contributed by atoms with E-state index in [1.165, 1.54) is 0 Å². The summed E-state index contributed by atoms with van der Waals surface area (Å²) in [6.07, 6.45) is 2.01. The largest absolute Gasteiger partial charge is 0.409 e. The highest BCUT2D eigenvalue weighted by molar-refractivity contribution is 6.01. The van der Waals surface area contributed by atoms with Gasteiger partial charge < -0.3 is 20.6 Å². The van der Waals surface area contributed by atoms with Crippen molar-refractivity contribution in [3.63, 3.8) is 0 Å². The molecule has 108 valence electrons. The molecule has 0 spiro atoms. The zero-order valence-electron chi connectivity index (χ0n) is 11.5. The molecular formula is C14H19N3O3. The Labute approximate surface area is 117 Å². The van der Waals surface area contributed by atoms with Gasteiger partial charge in [-0.3, -0.25) is 4.79 Å². The molecule has 1 saturated heterocycles. The second-order valence-corrected chi connectivity index (χ2v) is 4.82. The molecular weight excluding hydrogens is 258 g/mol. The van der Waals surface area contributed by atoms with E-state index in [-0.39, 0.29) is 17.8 Å². The molecule has 0 saturated carbocycles. The Morgan fingerprint density at radius 2 is 2.25 bits per heavy atom. The zero-order chi connectivity index (χ0) is 14.5. The second kappa shape index (κ2) is 6.38. The third-order valence-electron chi connectivity index (χ3n) is 3.51. The van der Waals surface area contributed by atoms with E-state index in [1.807, 2.05) is 0 Å². The molecule has 1 heterocycles. The van der Waals surface area contributed by atoms with Crippen LogP contribution in [-0.2, 0) is 4.74 Å². The first-order valence-electron chi connectivity index (χ1n) is 6.55. The highest BCUT2D eigenvalue weighted by atomic mass is 16.5. The molecule has 0 aromatic heterocycles. The number of oxime groups is 1. The van der Waals surface area contributed by atoms with E-state index in [0.717, 1.165) is 19.4 Å². The molecule has 1 fully saturated rings. The zero-order valence-corrected chi connectivity index (χ0v) is 11.5. The van der Waals surface area contributed by atoms with E-state index in [0.29, 0.717) is 17.7 Å². The molecule has 6 nitrogen and oxygen atoms in total. The Bertz CT molecular complexity index is 516. The molecule has 1 aliphatic heterocycles. The van der Waals surface area contributed by atoms with Gasteiger partial charge in [0.05, 0.1) is 6.10 Å². The van der Waals surface area contributed by atoms with Crippen LogP contribution in [0.15, 0.2) is 29.4 Å². The van der Waals surface area contributed by atoms with Gasteiger partial charge in [-0.15, -0.1) is 0 Å². The Hall–Kier alpha value is -2.08. The van der Waals surface area contributed by atoms with Crippen LogP contribution in [0.3, 0.4) is 0 Å². The van der Waals surface area contributed by atoms with Crippen LogP contribution in [0.4, 0.5) is 0 Å². The van der Waals surface area contributed by atoms with Crippen LogP contribution in [0.1, 0.15) is 28.8 Å². The van der Waals surface area contributed by atoms with Gasteiger partial charge in [-0.2, -0.15) is 0 Å². The minimum Gasteiger partial charge on any atom is -0.409 e. The summed E-state index contributed by atoms with van der Waals surface area (Å²) < 4.78 is 5.32. The van der Waals surface area contributed by atoms with Crippen molar-refractivity contribution in [1.82, 2.24) is 4.90 Å². The predicted molar refractivity (Wildman–Crippen MR) is 74.9 cm³/mol. The Morgan fingerprint density at radius 3 is 2.95 bits per heavy atom. The van der Waals surface area contributed by atoms with Gasteiger partial charge >= 0.3 is 0 Å². The lowest BCUT2D eigenvalue weighted by molar-refractivity contribution is 0.0269. The molecule has 0 radical (unpaired) electrons. The fourth-order valence-corrected chi connectivity index (χ4v) is 2.37. The van der Waals surface area contributed by atoms with Crippen molar-refractivity contribution >= 4 is 11.7 Å². The minimum absolute atomic E-state index is 0.00642. The van der Waals surface area contributed by atoms with Gasteiger partial charge in [0.1, 0.15) is 0 Å². The lowest BCUT2D eigenvalue weighted by Crippen LogP contribution is -2.42. The summed E-state index contributed by atoms with van der Waals surface area (Å²) in [5.74, 6) is -0.0626. The average molecular weight is 277 g/mol. The molecule has 1 atom stereocenters. The third kappa shape index (κ3) is 3.08. The number of amides is 1. The molecule has 2 rings (SSSR count). The van der Waals surface area contributed by atoms with Gasteiger partial charge in [-0.25, -0.2) is 0 Å². The topological polar surface area (TPSA) is 88.2 Å². The molecule has 0 aliphatic carbocycles. The first-order chi connectivity index (χ1) is 9.65. The highest BCUT2D eigenvalue weighted by Gasteiger charge is 2.24. The van der Waals surface area contributed by atoms with Crippen LogP contribution in [0.5, 0.6) is 0 Å². The van der Waals surface area contributed by atoms with Gasteiger partial charge in [0, 0.05) is 31.3 Å². The number of carbonyl (C=O) groups excluding carboxylic acids is 1. The quantitative estimate of drug-likeness (QED) is 0.374. The normalized spacial score (nSPS) is 19.9. The highest BCUT2D eigenvalue weighted by Crippen LogP contribution is 2.16. The van der Waals surface area contributed by atoms with Crippen LogP contribution in [0, 0.1) is 0 Å². The van der Waals surface area contributed by atoms with Gasteiger partial charge in [0.2, 0.25) is 0 Å². The fourth-order valence-electron chi connectivity index (χ4n) is 2.37. The van der Waals surface area contributed by atoms with E-state index in [1.54, 1.807) is 36.3 Å². The average Bonchev–Trinajstić information content (AvgIpc) is 2.53. The number of carbonyl (C=O) groups is 1. The van der Waals surface area contributed by atoms with E-state index < -0.39 is 0 Å². The molecule has 1 aliphatic rings. The number of nitrogens with two attached hydrogens (primary N) is 1. The predicted octanol–water partition coefficient (Wildman–Crippen LogP) is 1.03. The van der Waals surface area contributed by atoms with E-state index in [9.17, 15) is 4.79 Å². The van der Waals surface area contributed by atoms with Gasteiger partial charge in [-0.1, -0.05) is 17.3 Å². The lowest BCUT2D eigenvalue weighted by Gasteiger charge is -2.32. The van der Waals surface area contributed by atoms with Gasteiger partial charge in [-0.05, 0) is 25.0 Å². The summed E-state index contributed by atoms with van der Waals surface area (Å²) in [5, 5.41) is 11.6. The van der Waals surface area contributed by atoms with Crippen molar-refractivity contribution < 1.29 is 14.7 Å². The van der Waals surface area contributed by atoms with E-state index in [2.05, 4.69) is 5.16 Å². The number of rotatable bonds is 3. The monoisotopic (exact) mass is 277 g/mol. The van der Waals surface area contributed by atoms with Crippen molar-refractivity contribution in [2.45, 2.75) is 18.9 Å². The van der Waals surface area contributed by atoms with Crippen LogP contribution in [0.2, 0.25) is 0 Å². The maximum absolute atomic E-state index is 12.5. The van der Waals surface area contributed by atoms with Crippen LogP contribution < -0.4 is 5.73 Å². The van der Waals surface area contributed by atoms with Crippen molar-refractivity contribution in [3.8, 4) is 0 Å². The Morgan fingerprint density at radius 1 is 1.50 bits per heavy atom. The van der Waals surface area contributed by atoms with E-state index in [4.69, 9.17) is 15.7 Å². The van der Waals surface area contributed by atoms with Gasteiger partial charge in [0.15, 0.2) is 5.84 Å². The number of hydrogen-bond donors (Lipinski definition) is 2. The summed E-state index contributed by atoms with van der Waals surface area (Å²) in [7, 11) is 1.66. The maximum Gasteiger partial charge on any atom is 0.253 e. The Kier molecular flexibility index (Phi) is 4.57. The first kappa shape index (κ1) is 14.3. The summed E-state index contributed by atoms with van der Waals surface area (Å²) in [4.78, 5) is 14.2. The number of benzene rings is 1. The summed E-state index contributed by atoms with van der Waals surface area (Å²) in [6.45, 7) is 1.33. The van der Waals surface area contributed by atoms with Crippen LogP contribution in [-0.4, -0.2) is 48.2 Å². The van der Waals surface area contributed by atoms with Crippen LogP contribution >= 0.6 is 0 Å². The van der Waals surface area contributed by atoms with Crippen LogP contribution in [0.25, 0.3) is 0 Å². The van der Waals surface area contributed by atoms with Crippen molar-refractivity contribution in [2.24, 2.45) is 10.9 Å². The maximum atomic E-state index is 12.5. The Balaban J connectivity index is 2.16.